The van der Waals surface area contributed by atoms with E-state index in [1.165, 1.54) is 11.1 Å². The number of carbonyl (C=O) groups excluding carboxylic acids is 1. The zero-order chi connectivity index (χ0) is 19.2. The number of anilines is 2. The number of nitrogens with one attached hydrogen (secondary N) is 2. The molecule has 0 bridgehead atoms. The molecule has 0 aliphatic heterocycles. The Morgan fingerprint density at radius 3 is 2.26 bits per heavy atom. The minimum atomic E-state index is -0.247. The lowest BCUT2D eigenvalue weighted by Gasteiger charge is -2.09. The molecule has 5 heteroatoms. The van der Waals surface area contributed by atoms with E-state index in [-0.39, 0.29) is 5.91 Å². The minimum Gasteiger partial charge on any atom is -0.350 e. The van der Waals surface area contributed by atoms with Crippen molar-refractivity contribution in [2.45, 2.75) is 33.7 Å². The van der Waals surface area contributed by atoms with Gasteiger partial charge in [0.2, 0.25) is 5.95 Å². The number of hydrogen-bond acceptors (Lipinski definition) is 4. The molecule has 2 aromatic carbocycles. The molecular formula is C22H24N4O. The van der Waals surface area contributed by atoms with Crippen molar-refractivity contribution in [3.05, 3.63) is 82.7 Å². The van der Waals surface area contributed by atoms with Crippen LogP contribution in [0.4, 0.5) is 11.6 Å². The molecule has 0 fully saturated rings. The number of hydrogen-bond donors (Lipinski definition) is 2. The highest BCUT2D eigenvalue weighted by atomic mass is 16.1. The molecule has 2 N–H and O–H groups in total. The maximum Gasteiger partial charge on any atom is 0.274 e. The Morgan fingerprint density at radius 1 is 0.926 bits per heavy atom. The van der Waals surface area contributed by atoms with Gasteiger partial charge in [-0.1, -0.05) is 48.9 Å². The van der Waals surface area contributed by atoms with Crippen molar-refractivity contribution in [2.75, 3.05) is 10.6 Å². The number of aromatic nitrogens is 2. The van der Waals surface area contributed by atoms with Gasteiger partial charge < -0.3 is 10.6 Å². The van der Waals surface area contributed by atoms with Crippen molar-refractivity contribution >= 4 is 17.5 Å². The summed E-state index contributed by atoms with van der Waals surface area (Å²) in [6, 6.07) is 17.8. The van der Waals surface area contributed by atoms with E-state index >= 15 is 0 Å². The van der Waals surface area contributed by atoms with Gasteiger partial charge in [-0.2, -0.15) is 0 Å². The van der Waals surface area contributed by atoms with E-state index in [0.717, 1.165) is 23.4 Å². The number of carbonyl (C=O) groups is 1. The van der Waals surface area contributed by atoms with Crippen LogP contribution in [0.2, 0.25) is 0 Å². The first kappa shape index (κ1) is 18.6. The fraction of sp³-hybridized carbons (Fsp3) is 0.227. The molecule has 0 saturated heterocycles. The van der Waals surface area contributed by atoms with Crippen LogP contribution in [-0.4, -0.2) is 15.9 Å². The highest BCUT2D eigenvalue weighted by molar-refractivity contribution is 6.03. The Bertz CT molecular complexity index is 918. The second kappa shape index (κ2) is 8.45. The van der Waals surface area contributed by atoms with E-state index < -0.39 is 0 Å². The van der Waals surface area contributed by atoms with Crippen LogP contribution in [0.25, 0.3) is 0 Å². The largest absolute Gasteiger partial charge is 0.350 e. The molecule has 0 unspecified atom stereocenters. The van der Waals surface area contributed by atoms with Gasteiger partial charge in [0, 0.05) is 17.9 Å². The summed E-state index contributed by atoms with van der Waals surface area (Å²) < 4.78 is 0. The normalized spacial score (nSPS) is 10.5. The van der Waals surface area contributed by atoms with Crippen LogP contribution in [0.1, 0.15) is 39.8 Å². The van der Waals surface area contributed by atoms with Crippen molar-refractivity contribution in [1.82, 2.24) is 9.97 Å². The van der Waals surface area contributed by atoms with E-state index in [9.17, 15) is 4.79 Å². The average molecular weight is 360 g/mol. The van der Waals surface area contributed by atoms with E-state index in [2.05, 4.69) is 58.7 Å². The Labute approximate surface area is 159 Å². The van der Waals surface area contributed by atoms with Gasteiger partial charge in [-0.15, -0.1) is 0 Å². The summed E-state index contributed by atoms with van der Waals surface area (Å²) in [7, 11) is 0. The molecule has 1 amide bonds. The number of aryl methyl sites for hydroxylation is 3. The summed E-state index contributed by atoms with van der Waals surface area (Å²) >= 11 is 0. The zero-order valence-electron chi connectivity index (χ0n) is 15.9. The molecule has 3 rings (SSSR count). The summed E-state index contributed by atoms with van der Waals surface area (Å²) in [6.45, 7) is 6.61. The van der Waals surface area contributed by atoms with Crippen molar-refractivity contribution in [3.8, 4) is 0 Å². The molecule has 3 aromatic rings. The van der Waals surface area contributed by atoms with Crippen LogP contribution >= 0.6 is 0 Å². The molecule has 1 aromatic heterocycles. The van der Waals surface area contributed by atoms with Crippen LogP contribution in [0.3, 0.4) is 0 Å². The van der Waals surface area contributed by atoms with Crippen LogP contribution in [0.15, 0.2) is 54.6 Å². The van der Waals surface area contributed by atoms with Gasteiger partial charge in [0.1, 0.15) is 5.69 Å². The van der Waals surface area contributed by atoms with Gasteiger partial charge in [-0.25, -0.2) is 9.97 Å². The van der Waals surface area contributed by atoms with Gasteiger partial charge in [0.05, 0.1) is 0 Å². The van der Waals surface area contributed by atoms with Crippen LogP contribution in [0, 0.1) is 13.8 Å². The lowest BCUT2D eigenvalue weighted by molar-refractivity contribution is 0.102. The van der Waals surface area contributed by atoms with Crippen molar-refractivity contribution in [3.63, 3.8) is 0 Å². The number of benzene rings is 2. The molecule has 0 aliphatic carbocycles. The lowest BCUT2D eigenvalue weighted by Crippen LogP contribution is -2.16. The van der Waals surface area contributed by atoms with Gasteiger partial charge >= 0.3 is 0 Å². The second-order valence-corrected chi connectivity index (χ2v) is 6.56. The Morgan fingerprint density at radius 2 is 1.59 bits per heavy atom. The van der Waals surface area contributed by atoms with E-state index in [1.54, 1.807) is 6.07 Å². The molecule has 27 heavy (non-hydrogen) atoms. The number of amides is 1. The first-order chi connectivity index (χ1) is 13.0. The monoisotopic (exact) mass is 360 g/mol. The third-order valence-electron chi connectivity index (χ3n) is 4.28. The smallest absolute Gasteiger partial charge is 0.274 e. The predicted molar refractivity (Wildman–Crippen MR) is 109 cm³/mol. The fourth-order valence-corrected chi connectivity index (χ4v) is 2.67. The van der Waals surface area contributed by atoms with Crippen LogP contribution in [-0.2, 0) is 13.0 Å². The molecule has 0 aliphatic rings. The first-order valence-electron chi connectivity index (χ1n) is 9.09. The number of nitrogens with zero attached hydrogens (tertiary/aromatic N) is 2. The van der Waals surface area contributed by atoms with E-state index in [4.69, 9.17) is 0 Å². The highest BCUT2D eigenvalue weighted by Gasteiger charge is 2.11. The number of rotatable bonds is 6. The van der Waals surface area contributed by atoms with Crippen LogP contribution < -0.4 is 10.6 Å². The summed E-state index contributed by atoms with van der Waals surface area (Å²) in [6.07, 6.45) is 0.968. The fourth-order valence-electron chi connectivity index (χ4n) is 2.67. The van der Waals surface area contributed by atoms with E-state index in [0.29, 0.717) is 18.2 Å². The predicted octanol–water partition coefficient (Wildman–Crippen LogP) is 4.52. The topological polar surface area (TPSA) is 66.9 Å². The molecule has 1 heterocycles. The maximum absolute atomic E-state index is 12.6. The van der Waals surface area contributed by atoms with Crippen LogP contribution in [0.5, 0.6) is 0 Å². The molecule has 0 spiro atoms. The van der Waals surface area contributed by atoms with Gasteiger partial charge in [0.15, 0.2) is 0 Å². The van der Waals surface area contributed by atoms with Gasteiger partial charge in [-0.3, -0.25) is 4.79 Å². The molecule has 0 radical (unpaired) electrons. The Hall–Kier alpha value is -3.21. The zero-order valence-corrected chi connectivity index (χ0v) is 15.9. The standard InChI is InChI=1S/C22H24N4O/c1-4-17-9-11-19(12-10-17)25-21(27)20-13-16(3)24-22(26-20)23-14-18-7-5-15(2)6-8-18/h5-13H,4,14H2,1-3H3,(H,25,27)(H,23,24,26). The maximum atomic E-state index is 12.6. The quantitative estimate of drug-likeness (QED) is 0.678. The molecule has 138 valence electrons. The average Bonchev–Trinajstić information content (AvgIpc) is 2.68. The molecule has 5 nitrogen and oxygen atoms in total. The third kappa shape index (κ3) is 5.14. The third-order valence-corrected chi connectivity index (χ3v) is 4.28. The van der Waals surface area contributed by atoms with E-state index in [1.807, 2.05) is 31.2 Å². The summed E-state index contributed by atoms with van der Waals surface area (Å²) in [5.41, 5.74) is 5.41. The van der Waals surface area contributed by atoms with Gasteiger partial charge in [-0.05, 0) is 49.6 Å². The SMILES string of the molecule is CCc1ccc(NC(=O)c2cc(C)nc(NCc3ccc(C)cc3)n2)cc1. The molecule has 0 atom stereocenters. The summed E-state index contributed by atoms with van der Waals surface area (Å²) in [5, 5.41) is 6.08. The van der Waals surface area contributed by atoms with Crippen molar-refractivity contribution < 1.29 is 4.79 Å². The summed E-state index contributed by atoms with van der Waals surface area (Å²) in [5.74, 6) is 0.199. The lowest BCUT2D eigenvalue weighted by atomic mass is 10.1. The second-order valence-electron chi connectivity index (χ2n) is 6.56. The molecular weight excluding hydrogens is 336 g/mol. The Kier molecular flexibility index (Phi) is 5.81. The first-order valence-corrected chi connectivity index (χ1v) is 9.09. The summed E-state index contributed by atoms with van der Waals surface area (Å²) in [4.78, 5) is 21.3. The molecule has 0 saturated carbocycles. The van der Waals surface area contributed by atoms with Crippen molar-refractivity contribution in [2.24, 2.45) is 0 Å². The highest BCUT2D eigenvalue weighted by Crippen LogP contribution is 2.13. The van der Waals surface area contributed by atoms with Crippen molar-refractivity contribution in [1.29, 1.82) is 0 Å². The minimum absolute atomic E-state index is 0.247. The Balaban J connectivity index is 1.69. The van der Waals surface area contributed by atoms with Gasteiger partial charge in [0.25, 0.3) is 5.91 Å².